The highest BCUT2D eigenvalue weighted by molar-refractivity contribution is 7.17. The Hall–Kier alpha value is -1.57. The fraction of sp³-hybridized carbons (Fsp3) is 0.385. The van der Waals surface area contributed by atoms with Crippen molar-refractivity contribution in [3.63, 3.8) is 0 Å². The number of thiazole rings is 1. The number of halogens is 1. The maximum absolute atomic E-state index is 12.2. The molecule has 2 N–H and O–H groups in total. The molecule has 21 heavy (non-hydrogen) atoms. The third-order valence-corrected chi connectivity index (χ3v) is 4.33. The van der Waals surface area contributed by atoms with Crippen LogP contribution in [0.25, 0.3) is 10.8 Å². The van der Waals surface area contributed by atoms with E-state index in [1.807, 2.05) is 6.92 Å². The molecule has 112 valence electrons. The molecule has 1 aliphatic rings. The third kappa shape index (κ3) is 3.55. The van der Waals surface area contributed by atoms with Crippen LogP contribution in [-0.2, 0) is 0 Å². The summed E-state index contributed by atoms with van der Waals surface area (Å²) in [7, 11) is 0. The van der Waals surface area contributed by atoms with Crippen molar-refractivity contribution in [1.82, 2.24) is 25.6 Å². The van der Waals surface area contributed by atoms with Crippen molar-refractivity contribution >= 4 is 29.7 Å². The minimum atomic E-state index is -0.0610. The Morgan fingerprint density at radius 1 is 1.43 bits per heavy atom. The van der Waals surface area contributed by atoms with Gasteiger partial charge in [0, 0.05) is 37.9 Å². The molecule has 1 aliphatic heterocycles. The molecule has 8 heteroatoms. The molecule has 3 heterocycles. The number of aromatic nitrogens is 3. The summed E-state index contributed by atoms with van der Waals surface area (Å²) in [4.78, 5) is 25.5. The molecular weight excluding hydrogens is 310 g/mol. The van der Waals surface area contributed by atoms with Crippen molar-refractivity contribution in [3.05, 3.63) is 29.0 Å². The van der Waals surface area contributed by atoms with Crippen molar-refractivity contribution in [2.24, 2.45) is 5.92 Å². The van der Waals surface area contributed by atoms with Gasteiger partial charge in [0.15, 0.2) is 10.8 Å². The first-order valence-electron chi connectivity index (χ1n) is 6.48. The van der Waals surface area contributed by atoms with Crippen LogP contribution < -0.4 is 10.6 Å². The lowest BCUT2D eigenvalue weighted by Gasteiger charge is -2.26. The fourth-order valence-electron chi connectivity index (χ4n) is 1.92. The van der Waals surface area contributed by atoms with Gasteiger partial charge in [0.2, 0.25) is 0 Å². The van der Waals surface area contributed by atoms with Crippen LogP contribution in [0.2, 0.25) is 0 Å². The van der Waals surface area contributed by atoms with Crippen LogP contribution in [0.3, 0.4) is 0 Å². The number of amides is 1. The summed E-state index contributed by atoms with van der Waals surface area (Å²) in [5.74, 6) is 1.04. The van der Waals surface area contributed by atoms with Gasteiger partial charge in [-0.25, -0.2) is 15.0 Å². The number of aryl methyl sites for hydroxylation is 1. The van der Waals surface area contributed by atoms with Crippen molar-refractivity contribution in [2.75, 3.05) is 19.6 Å². The minimum Gasteiger partial charge on any atom is -0.351 e. The van der Waals surface area contributed by atoms with E-state index in [-0.39, 0.29) is 18.3 Å². The maximum Gasteiger partial charge on any atom is 0.263 e. The summed E-state index contributed by atoms with van der Waals surface area (Å²) in [6.45, 7) is 4.50. The number of nitrogens with one attached hydrogen (secondary N) is 2. The van der Waals surface area contributed by atoms with E-state index in [0.717, 1.165) is 18.8 Å². The Kier molecular flexibility index (Phi) is 5.22. The van der Waals surface area contributed by atoms with Crippen molar-refractivity contribution in [2.45, 2.75) is 6.92 Å². The van der Waals surface area contributed by atoms with E-state index in [4.69, 9.17) is 0 Å². The molecule has 0 radical (unpaired) electrons. The predicted octanol–water partition coefficient (Wildman–Crippen LogP) is 1.28. The third-order valence-electron chi connectivity index (χ3n) is 3.18. The first kappa shape index (κ1) is 15.8. The molecule has 3 rings (SSSR count). The maximum atomic E-state index is 12.2. The summed E-state index contributed by atoms with van der Waals surface area (Å²) < 4.78 is 0. The zero-order valence-corrected chi connectivity index (χ0v) is 13.1. The Morgan fingerprint density at radius 2 is 2.14 bits per heavy atom. The van der Waals surface area contributed by atoms with E-state index in [0.29, 0.717) is 28.2 Å². The Bertz CT molecular complexity index is 614. The topological polar surface area (TPSA) is 79.8 Å². The van der Waals surface area contributed by atoms with E-state index in [1.54, 1.807) is 18.5 Å². The van der Waals surface area contributed by atoms with Crippen LogP contribution in [0.4, 0.5) is 0 Å². The standard InChI is InChI=1S/C13H15N5OS.ClH/c1-8-10(12(19)17-7-9-5-14-6-9)20-13(18-8)11-15-3-2-4-16-11;/h2-4,9,14H,5-7H2,1H3,(H,17,19);1H. The van der Waals surface area contributed by atoms with Crippen molar-refractivity contribution in [1.29, 1.82) is 0 Å². The lowest BCUT2D eigenvalue weighted by molar-refractivity contribution is 0.0945. The second-order valence-corrected chi connectivity index (χ2v) is 5.74. The second kappa shape index (κ2) is 6.93. The number of carbonyl (C=O) groups excluding carboxylic acids is 1. The van der Waals surface area contributed by atoms with Crippen LogP contribution in [0, 0.1) is 12.8 Å². The zero-order chi connectivity index (χ0) is 13.9. The second-order valence-electron chi connectivity index (χ2n) is 4.74. The van der Waals surface area contributed by atoms with E-state index in [9.17, 15) is 4.79 Å². The quantitative estimate of drug-likeness (QED) is 0.885. The molecule has 0 bridgehead atoms. The molecule has 1 fully saturated rings. The van der Waals surface area contributed by atoms with Crippen LogP contribution in [0.1, 0.15) is 15.4 Å². The molecule has 0 spiro atoms. The number of nitrogens with zero attached hydrogens (tertiary/aromatic N) is 3. The lowest BCUT2D eigenvalue weighted by Crippen LogP contribution is -2.48. The van der Waals surface area contributed by atoms with Crippen molar-refractivity contribution < 1.29 is 4.79 Å². The summed E-state index contributed by atoms with van der Waals surface area (Å²) in [5.41, 5.74) is 0.724. The van der Waals surface area contributed by atoms with Crippen LogP contribution >= 0.6 is 23.7 Å². The number of hydrogen-bond acceptors (Lipinski definition) is 6. The Balaban J connectivity index is 0.00000161. The minimum absolute atomic E-state index is 0. The monoisotopic (exact) mass is 325 g/mol. The summed E-state index contributed by atoms with van der Waals surface area (Å²) in [6.07, 6.45) is 3.34. The fourth-order valence-corrected chi connectivity index (χ4v) is 2.85. The summed E-state index contributed by atoms with van der Waals surface area (Å²) >= 11 is 1.33. The first-order chi connectivity index (χ1) is 9.74. The molecule has 0 aromatic carbocycles. The summed E-state index contributed by atoms with van der Waals surface area (Å²) in [5, 5.41) is 6.82. The Labute approximate surface area is 132 Å². The average molecular weight is 326 g/mol. The van der Waals surface area contributed by atoms with Gasteiger partial charge in [-0.05, 0) is 13.0 Å². The van der Waals surface area contributed by atoms with Gasteiger partial charge in [-0.2, -0.15) is 0 Å². The molecule has 0 saturated carbocycles. The van der Waals surface area contributed by atoms with Gasteiger partial charge in [-0.3, -0.25) is 4.79 Å². The SMILES string of the molecule is Cc1nc(-c2ncccn2)sc1C(=O)NCC1CNC1.Cl. The predicted molar refractivity (Wildman–Crippen MR) is 83.8 cm³/mol. The lowest BCUT2D eigenvalue weighted by atomic mass is 10.0. The molecule has 0 unspecified atom stereocenters. The van der Waals surface area contributed by atoms with Gasteiger partial charge in [0.05, 0.1) is 5.69 Å². The summed E-state index contributed by atoms with van der Waals surface area (Å²) in [6, 6.07) is 1.75. The number of rotatable bonds is 4. The van der Waals surface area contributed by atoms with Crippen LogP contribution in [0.15, 0.2) is 18.5 Å². The Morgan fingerprint density at radius 3 is 2.76 bits per heavy atom. The molecular formula is C13H16ClN5OS. The average Bonchev–Trinajstić information content (AvgIpc) is 2.80. The van der Waals surface area contributed by atoms with Crippen LogP contribution in [0.5, 0.6) is 0 Å². The molecule has 1 amide bonds. The van der Waals surface area contributed by atoms with Gasteiger partial charge in [0.25, 0.3) is 5.91 Å². The van der Waals surface area contributed by atoms with Gasteiger partial charge in [-0.15, -0.1) is 23.7 Å². The highest BCUT2D eigenvalue weighted by Gasteiger charge is 2.20. The van der Waals surface area contributed by atoms with Crippen LogP contribution in [-0.4, -0.2) is 40.5 Å². The largest absolute Gasteiger partial charge is 0.351 e. The molecule has 2 aromatic rings. The first-order valence-corrected chi connectivity index (χ1v) is 7.29. The molecule has 0 atom stereocenters. The molecule has 1 saturated heterocycles. The molecule has 2 aromatic heterocycles. The van der Waals surface area contributed by atoms with E-state index >= 15 is 0 Å². The number of hydrogen-bond donors (Lipinski definition) is 2. The van der Waals surface area contributed by atoms with Gasteiger partial charge >= 0.3 is 0 Å². The number of carbonyl (C=O) groups is 1. The van der Waals surface area contributed by atoms with Gasteiger partial charge in [-0.1, -0.05) is 0 Å². The highest BCUT2D eigenvalue weighted by Crippen LogP contribution is 2.25. The van der Waals surface area contributed by atoms with Gasteiger partial charge in [0.1, 0.15) is 4.88 Å². The van der Waals surface area contributed by atoms with Crippen molar-refractivity contribution in [3.8, 4) is 10.8 Å². The normalized spacial score (nSPS) is 14.1. The molecule has 6 nitrogen and oxygen atoms in total. The highest BCUT2D eigenvalue weighted by atomic mass is 35.5. The van der Waals surface area contributed by atoms with E-state index in [2.05, 4.69) is 25.6 Å². The van der Waals surface area contributed by atoms with E-state index < -0.39 is 0 Å². The van der Waals surface area contributed by atoms with E-state index in [1.165, 1.54) is 11.3 Å². The van der Waals surface area contributed by atoms with Gasteiger partial charge < -0.3 is 10.6 Å². The molecule has 0 aliphatic carbocycles. The zero-order valence-electron chi connectivity index (χ0n) is 11.5. The smallest absolute Gasteiger partial charge is 0.263 e.